The van der Waals surface area contributed by atoms with Gasteiger partial charge in [0.25, 0.3) is 0 Å². The molecule has 1 atom stereocenters. The minimum absolute atomic E-state index is 0.0747. The first-order chi connectivity index (χ1) is 8.08. The Labute approximate surface area is 101 Å². The molecule has 0 bridgehead atoms. The Bertz CT molecular complexity index is 389. The van der Waals surface area contributed by atoms with Crippen molar-refractivity contribution in [3.05, 3.63) is 35.4 Å². The molecule has 1 saturated carbocycles. The van der Waals surface area contributed by atoms with Gasteiger partial charge in [0, 0.05) is 18.6 Å². The Kier molecular flexibility index (Phi) is 3.74. The van der Waals surface area contributed by atoms with Gasteiger partial charge in [-0.2, -0.15) is 0 Å². The molecule has 2 nitrogen and oxygen atoms in total. The first-order valence-electron chi connectivity index (χ1n) is 5.92. The summed E-state index contributed by atoms with van der Waals surface area (Å²) in [6.45, 7) is 0.767. The summed E-state index contributed by atoms with van der Waals surface area (Å²) >= 11 is 0. The Morgan fingerprint density at radius 3 is 2.53 bits per heavy atom. The van der Waals surface area contributed by atoms with Gasteiger partial charge in [-0.25, -0.2) is 8.78 Å². The molecule has 2 rings (SSSR count). The summed E-state index contributed by atoms with van der Waals surface area (Å²) in [5.74, 6) is -1.57. The minimum Gasteiger partial charge on any atom is -0.312 e. The monoisotopic (exact) mass is 240 g/mol. The SMILES string of the molecule is CN(C)C(CNC1CC1)c1ccc(F)c(F)c1. The van der Waals surface area contributed by atoms with Crippen molar-refractivity contribution in [2.75, 3.05) is 20.6 Å². The first-order valence-corrected chi connectivity index (χ1v) is 5.92. The van der Waals surface area contributed by atoms with E-state index in [1.54, 1.807) is 6.07 Å². The Hall–Kier alpha value is -1.00. The molecule has 17 heavy (non-hydrogen) atoms. The van der Waals surface area contributed by atoms with E-state index in [1.165, 1.54) is 25.0 Å². The van der Waals surface area contributed by atoms with E-state index in [-0.39, 0.29) is 6.04 Å². The molecule has 0 spiro atoms. The Morgan fingerprint density at radius 2 is 2.00 bits per heavy atom. The standard InChI is InChI=1S/C13H18F2N2/c1-17(2)13(8-16-10-4-5-10)9-3-6-11(14)12(15)7-9/h3,6-7,10,13,16H,4-5,8H2,1-2H3. The van der Waals surface area contributed by atoms with Gasteiger partial charge in [0.15, 0.2) is 11.6 Å². The third-order valence-electron chi connectivity index (χ3n) is 3.13. The van der Waals surface area contributed by atoms with Crippen LogP contribution in [0.2, 0.25) is 0 Å². The number of nitrogens with one attached hydrogen (secondary N) is 1. The van der Waals surface area contributed by atoms with Crippen molar-refractivity contribution in [1.29, 1.82) is 0 Å². The minimum atomic E-state index is -0.790. The molecule has 1 fully saturated rings. The number of hydrogen-bond donors (Lipinski definition) is 1. The van der Waals surface area contributed by atoms with Crippen LogP contribution in [0.15, 0.2) is 18.2 Å². The maximum atomic E-state index is 13.2. The summed E-state index contributed by atoms with van der Waals surface area (Å²) in [6.07, 6.45) is 2.44. The van der Waals surface area contributed by atoms with Gasteiger partial charge >= 0.3 is 0 Å². The van der Waals surface area contributed by atoms with Crippen LogP contribution in [0.5, 0.6) is 0 Å². The van der Waals surface area contributed by atoms with Crippen molar-refractivity contribution in [3.8, 4) is 0 Å². The van der Waals surface area contributed by atoms with Crippen LogP contribution in [-0.2, 0) is 0 Å². The molecule has 0 amide bonds. The first kappa shape index (κ1) is 12.5. The molecule has 1 aliphatic carbocycles. The summed E-state index contributed by atoms with van der Waals surface area (Å²) in [6, 6.07) is 4.82. The fourth-order valence-electron chi connectivity index (χ4n) is 1.88. The summed E-state index contributed by atoms with van der Waals surface area (Å²) in [5.41, 5.74) is 0.807. The lowest BCUT2D eigenvalue weighted by Gasteiger charge is -2.25. The van der Waals surface area contributed by atoms with Gasteiger partial charge in [-0.1, -0.05) is 6.07 Å². The molecule has 1 unspecified atom stereocenters. The van der Waals surface area contributed by atoms with E-state index in [2.05, 4.69) is 5.32 Å². The molecule has 0 radical (unpaired) electrons. The lowest BCUT2D eigenvalue weighted by molar-refractivity contribution is 0.287. The maximum absolute atomic E-state index is 13.2. The second-order valence-electron chi connectivity index (χ2n) is 4.84. The predicted molar refractivity (Wildman–Crippen MR) is 63.8 cm³/mol. The van der Waals surface area contributed by atoms with Gasteiger partial charge < -0.3 is 10.2 Å². The Balaban J connectivity index is 2.09. The fourth-order valence-corrected chi connectivity index (χ4v) is 1.88. The average molecular weight is 240 g/mol. The number of hydrogen-bond acceptors (Lipinski definition) is 2. The van der Waals surface area contributed by atoms with Gasteiger partial charge in [-0.3, -0.25) is 0 Å². The van der Waals surface area contributed by atoms with Crippen molar-refractivity contribution in [2.45, 2.75) is 24.9 Å². The van der Waals surface area contributed by atoms with Crippen molar-refractivity contribution in [2.24, 2.45) is 0 Å². The summed E-state index contributed by atoms with van der Waals surface area (Å²) < 4.78 is 26.1. The number of halogens is 2. The van der Waals surface area contributed by atoms with Crippen LogP contribution in [0.3, 0.4) is 0 Å². The largest absolute Gasteiger partial charge is 0.312 e. The van der Waals surface area contributed by atoms with Crippen LogP contribution < -0.4 is 5.32 Å². The van der Waals surface area contributed by atoms with E-state index < -0.39 is 11.6 Å². The van der Waals surface area contributed by atoms with E-state index in [0.717, 1.165) is 12.1 Å². The third kappa shape index (κ3) is 3.23. The van der Waals surface area contributed by atoms with Gasteiger partial charge in [0.05, 0.1) is 0 Å². The molecule has 1 N–H and O–H groups in total. The van der Waals surface area contributed by atoms with Crippen molar-refractivity contribution in [1.82, 2.24) is 10.2 Å². The molecule has 1 aliphatic rings. The van der Waals surface area contributed by atoms with E-state index in [9.17, 15) is 8.78 Å². The van der Waals surface area contributed by atoms with Crippen LogP contribution in [-0.4, -0.2) is 31.6 Å². The molecule has 94 valence electrons. The lowest BCUT2D eigenvalue weighted by atomic mass is 10.1. The molecule has 4 heteroatoms. The quantitative estimate of drug-likeness (QED) is 0.849. The second kappa shape index (κ2) is 5.10. The van der Waals surface area contributed by atoms with Gasteiger partial charge in [-0.05, 0) is 44.6 Å². The van der Waals surface area contributed by atoms with Crippen LogP contribution in [0.1, 0.15) is 24.4 Å². The fraction of sp³-hybridized carbons (Fsp3) is 0.538. The third-order valence-corrected chi connectivity index (χ3v) is 3.13. The molecule has 1 aromatic carbocycles. The molecular weight excluding hydrogens is 222 g/mol. The maximum Gasteiger partial charge on any atom is 0.159 e. The zero-order valence-electron chi connectivity index (χ0n) is 10.2. The van der Waals surface area contributed by atoms with E-state index >= 15 is 0 Å². The molecule has 0 aliphatic heterocycles. The molecule has 1 aromatic rings. The molecular formula is C13H18F2N2. The Morgan fingerprint density at radius 1 is 1.29 bits per heavy atom. The summed E-state index contributed by atoms with van der Waals surface area (Å²) in [4.78, 5) is 2.02. The number of rotatable bonds is 5. The highest BCUT2D eigenvalue weighted by atomic mass is 19.2. The molecule has 0 heterocycles. The van der Waals surface area contributed by atoms with Gasteiger partial charge in [-0.15, -0.1) is 0 Å². The average Bonchev–Trinajstić information content (AvgIpc) is 3.07. The zero-order chi connectivity index (χ0) is 12.4. The zero-order valence-corrected chi connectivity index (χ0v) is 10.2. The molecule has 0 aromatic heterocycles. The van der Waals surface area contributed by atoms with Gasteiger partial charge in [0.2, 0.25) is 0 Å². The van der Waals surface area contributed by atoms with E-state index in [0.29, 0.717) is 6.04 Å². The topological polar surface area (TPSA) is 15.3 Å². The van der Waals surface area contributed by atoms with E-state index in [1.807, 2.05) is 19.0 Å². The number of benzene rings is 1. The van der Waals surface area contributed by atoms with Crippen LogP contribution in [0.4, 0.5) is 8.78 Å². The second-order valence-corrected chi connectivity index (χ2v) is 4.84. The highest BCUT2D eigenvalue weighted by Crippen LogP contribution is 2.23. The summed E-state index contributed by atoms with van der Waals surface area (Å²) in [7, 11) is 3.89. The lowest BCUT2D eigenvalue weighted by Crippen LogP contribution is -2.32. The van der Waals surface area contributed by atoms with Crippen molar-refractivity contribution >= 4 is 0 Å². The number of likely N-dealkylation sites (N-methyl/N-ethyl adjacent to an activating group) is 1. The number of nitrogens with zero attached hydrogens (tertiary/aromatic N) is 1. The van der Waals surface area contributed by atoms with Crippen molar-refractivity contribution in [3.63, 3.8) is 0 Å². The van der Waals surface area contributed by atoms with Crippen molar-refractivity contribution < 1.29 is 8.78 Å². The van der Waals surface area contributed by atoms with Crippen LogP contribution >= 0.6 is 0 Å². The van der Waals surface area contributed by atoms with Gasteiger partial charge in [0.1, 0.15) is 0 Å². The molecule has 0 saturated heterocycles. The highest BCUT2D eigenvalue weighted by Gasteiger charge is 2.23. The summed E-state index contributed by atoms with van der Waals surface area (Å²) in [5, 5.41) is 3.41. The van der Waals surface area contributed by atoms with Crippen LogP contribution in [0.25, 0.3) is 0 Å². The predicted octanol–water partition coefficient (Wildman–Crippen LogP) is 2.32. The smallest absolute Gasteiger partial charge is 0.159 e. The normalized spacial score (nSPS) is 17.5. The highest BCUT2D eigenvalue weighted by molar-refractivity contribution is 5.21. The van der Waals surface area contributed by atoms with Crippen LogP contribution in [0, 0.1) is 11.6 Å². The van der Waals surface area contributed by atoms with E-state index in [4.69, 9.17) is 0 Å².